The van der Waals surface area contributed by atoms with Gasteiger partial charge in [0, 0.05) is 44.1 Å². The third-order valence-electron chi connectivity index (χ3n) is 6.21. The van der Waals surface area contributed by atoms with Crippen LogP contribution in [-0.2, 0) is 24.4 Å². The molecule has 0 aliphatic carbocycles. The summed E-state index contributed by atoms with van der Waals surface area (Å²) >= 11 is 0. The average Bonchev–Trinajstić information content (AvgIpc) is 3.30. The van der Waals surface area contributed by atoms with Crippen molar-refractivity contribution >= 4 is 11.6 Å². The first-order chi connectivity index (χ1) is 17.1. The van der Waals surface area contributed by atoms with Crippen LogP contribution in [0.5, 0.6) is 5.75 Å². The third kappa shape index (κ3) is 5.88. The van der Waals surface area contributed by atoms with Crippen molar-refractivity contribution in [3.05, 3.63) is 101 Å². The Morgan fingerprint density at radius 2 is 1.77 bits per heavy atom. The number of nitrogens with zero attached hydrogens (tertiary/aromatic N) is 3. The first kappa shape index (κ1) is 23.1. The van der Waals surface area contributed by atoms with E-state index in [-0.39, 0.29) is 5.91 Å². The van der Waals surface area contributed by atoms with Gasteiger partial charge >= 0.3 is 0 Å². The molecule has 5 rings (SSSR count). The number of benzene rings is 2. The molecule has 1 N–H and O–H groups in total. The van der Waals surface area contributed by atoms with Gasteiger partial charge in [-0.05, 0) is 53.9 Å². The minimum atomic E-state index is -0.103. The lowest BCUT2D eigenvalue weighted by molar-refractivity contribution is 0.0340. The lowest BCUT2D eigenvalue weighted by Gasteiger charge is -2.27. The molecular weight excluding hydrogens is 440 g/mol. The molecule has 1 fully saturated rings. The number of imidazole rings is 1. The van der Waals surface area contributed by atoms with Crippen LogP contribution in [0.1, 0.15) is 32.7 Å². The van der Waals surface area contributed by atoms with Gasteiger partial charge in [0.2, 0.25) is 0 Å². The van der Waals surface area contributed by atoms with E-state index in [1.54, 1.807) is 12.1 Å². The molecule has 1 aliphatic rings. The van der Waals surface area contributed by atoms with Crippen LogP contribution in [0, 0.1) is 6.92 Å². The highest BCUT2D eigenvalue weighted by Gasteiger charge is 2.13. The molecule has 180 valence electrons. The second kappa shape index (κ2) is 10.7. The van der Waals surface area contributed by atoms with E-state index in [1.165, 1.54) is 11.1 Å². The molecule has 0 radical (unpaired) electrons. The van der Waals surface area contributed by atoms with E-state index in [0.717, 1.165) is 49.8 Å². The van der Waals surface area contributed by atoms with Crippen LogP contribution in [0.25, 0.3) is 5.65 Å². The number of aryl methyl sites for hydroxylation is 1. The predicted molar refractivity (Wildman–Crippen MR) is 134 cm³/mol. The fourth-order valence-corrected chi connectivity index (χ4v) is 4.25. The standard InChI is InChI=1S/C28H30N4O3/c1-21-6-11-27-30-25(19-32(27)17-21)20-35-26-9-7-22(8-10-26)28(33)29-16-23-4-2-3-5-24(23)18-31-12-14-34-15-13-31/h2-11,17,19H,12-16,18,20H2,1H3,(H,29,33). The Morgan fingerprint density at radius 3 is 2.57 bits per heavy atom. The van der Waals surface area contributed by atoms with Gasteiger partial charge in [0.25, 0.3) is 5.91 Å². The van der Waals surface area contributed by atoms with Crippen LogP contribution in [0.15, 0.2) is 73.1 Å². The zero-order chi connectivity index (χ0) is 24.0. The molecular formula is C28H30N4O3. The number of carbonyl (C=O) groups excluding carboxylic acids is 1. The van der Waals surface area contributed by atoms with Gasteiger partial charge in [-0.3, -0.25) is 9.69 Å². The van der Waals surface area contributed by atoms with Crippen molar-refractivity contribution in [2.45, 2.75) is 26.6 Å². The van der Waals surface area contributed by atoms with Crippen molar-refractivity contribution in [3.8, 4) is 5.75 Å². The summed E-state index contributed by atoms with van der Waals surface area (Å²) in [6.07, 6.45) is 4.02. The van der Waals surface area contributed by atoms with Gasteiger partial charge in [-0.15, -0.1) is 0 Å². The minimum absolute atomic E-state index is 0.103. The van der Waals surface area contributed by atoms with Crippen molar-refractivity contribution in [2.24, 2.45) is 0 Å². The van der Waals surface area contributed by atoms with Gasteiger partial charge in [-0.25, -0.2) is 4.98 Å². The Kier molecular flexibility index (Phi) is 7.07. The van der Waals surface area contributed by atoms with Crippen molar-refractivity contribution in [1.82, 2.24) is 19.6 Å². The number of hydrogen-bond acceptors (Lipinski definition) is 5. The summed E-state index contributed by atoms with van der Waals surface area (Å²) in [7, 11) is 0. The number of nitrogens with one attached hydrogen (secondary N) is 1. The second-order valence-corrected chi connectivity index (χ2v) is 8.86. The smallest absolute Gasteiger partial charge is 0.251 e. The fourth-order valence-electron chi connectivity index (χ4n) is 4.25. The number of hydrogen-bond donors (Lipinski definition) is 1. The predicted octanol–water partition coefficient (Wildman–Crippen LogP) is 3.98. The van der Waals surface area contributed by atoms with Crippen LogP contribution < -0.4 is 10.1 Å². The van der Waals surface area contributed by atoms with E-state index in [9.17, 15) is 4.79 Å². The summed E-state index contributed by atoms with van der Waals surface area (Å²) < 4.78 is 13.3. The molecule has 3 heterocycles. The van der Waals surface area contributed by atoms with Gasteiger partial charge in [0.15, 0.2) is 0 Å². The Bertz CT molecular complexity index is 1290. The number of ether oxygens (including phenoxy) is 2. The Morgan fingerprint density at radius 1 is 1.00 bits per heavy atom. The second-order valence-electron chi connectivity index (χ2n) is 8.86. The van der Waals surface area contributed by atoms with E-state index < -0.39 is 0 Å². The monoisotopic (exact) mass is 470 g/mol. The van der Waals surface area contributed by atoms with Crippen LogP contribution in [0.4, 0.5) is 0 Å². The molecule has 0 unspecified atom stereocenters. The Balaban J connectivity index is 1.15. The van der Waals surface area contributed by atoms with Crippen LogP contribution in [0.2, 0.25) is 0 Å². The van der Waals surface area contributed by atoms with E-state index in [4.69, 9.17) is 9.47 Å². The Hall–Kier alpha value is -3.68. The molecule has 0 bridgehead atoms. The number of carbonyl (C=O) groups is 1. The van der Waals surface area contributed by atoms with Crippen LogP contribution >= 0.6 is 0 Å². The Labute approximate surface area is 205 Å². The third-order valence-corrected chi connectivity index (χ3v) is 6.21. The summed E-state index contributed by atoms with van der Waals surface area (Å²) in [6, 6.07) is 19.5. The highest BCUT2D eigenvalue weighted by Crippen LogP contribution is 2.16. The number of morpholine rings is 1. The van der Waals surface area contributed by atoms with E-state index in [1.807, 2.05) is 53.2 Å². The highest BCUT2D eigenvalue weighted by molar-refractivity contribution is 5.94. The summed E-state index contributed by atoms with van der Waals surface area (Å²) in [4.78, 5) is 19.7. The van der Waals surface area contributed by atoms with Crippen molar-refractivity contribution in [3.63, 3.8) is 0 Å². The molecule has 1 amide bonds. The summed E-state index contributed by atoms with van der Waals surface area (Å²) in [5.74, 6) is 0.596. The van der Waals surface area contributed by atoms with Gasteiger partial charge in [-0.2, -0.15) is 0 Å². The maximum Gasteiger partial charge on any atom is 0.251 e. The molecule has 2 aromatic carbocycles. The quantitative estimate of drug-likeness (QED) is 0.422. The largest absolute Gasteiger partial charge is 0.487 e. The molecule has 1 aliphatic heterocycles. The molecule has 1 saturated heterocycles. The molecule has 4 aromatic rings. The number of aromatic nitrogens is 2. The minimum Gasteiger partial charge on any atom is -0.487 e. The van der Waals surface area contributed by atoms with Gasteiger partial charge in [-0.1, -0.05) is 30.3 Å². The fraction of sp³-hybridized carbons (Fsp3) is 0.286. The van der Waals surface area contributed by atoms with Crippen LogP contribution in [-0.4, -0.2) is 46.5 Å². The number of rotatable bonds is 8. The molecule has 7 heteroatoms. The number of amides is 1. The van der Waals surface area contributed by atoms with Crippen molar-refractivity contribution in [1.29, 1.82) is 0 Å². The topological polar surface area (TPSA) is 68.1 Å². The molecule has 0 saturated carbocycles. The first-order valence-corrected chi connectivity index (χ1v) is 12.0. The zero-order valence-corrected chi connectivity index (χ0v) is 19.9. The maximum absolute atomic E-state index is 12.7. The molecule has 0 spiro atoms. The van der Waals surface area contributed by atoms with Gasteiger partial charge in [0.05, 0.1) is 18.9 Å². The molecule has 2 aromatic heterocycles. The summed E-state index contributed by atoms with van der Waals surface area (Å²) in [5, 5.41) is 3.05. The highest BCUT2D eigenvalue weighted by atomic mass is 16.5. The first-order valence-electron chi connectivity index (χ1n) is 12.0. The normalized spacial score (nSPS) is 14.2. The molecule has 35 heavy (non-hydrogen) atoms. The maximum atomic E-state index is 12.7. The average molecular weight is 471 g/mol. The van der Waals surface area contributed by atoms with Crippen molar-refractivity contribution < 1.29 is 14.3 Å². The van der Waals surface area contributed by atoms with Crippen molar-refractivity contribution in [2.75, 3.05) is 26.3 Å². The van der Waals surface area contributed by atoms with E-state index in [0.29, 0.717) is 24.5 Å². The number of fused-ring (bicyclic) bond motifs is 1. The van der Waals surface area contributed by atoms with Gasteiger partial charge in [0.1, 0.15) is 18.0 Å². The SMILES string of the molecule is Cc1ccc2nc(COc3ccc(C(=O)NCc4ccccc4CN4CCOCC4)cc3)cn2c1. The van der Waals surface area contributed by atoms with E-state index >= 15 is 0 Å². The number of pyridine rings is 1. The van der Waals surface area contributed by atoms with Gasteiger partial charge < -0.3 is 19.2 Å². The van der Waals surface area contributed by atoms with Crippen LogP contribution in [0.3, 0.4) is 0 Å². The molecule has 7 nitrogen and oxygen atoms in total. The molecule has 0 atom stereocenters. The van der Waals surface area contributed by atoms with E-state index in [2.05, 4.69) is 34.3 Å². The lowest BCUT2D eigenvalue weighted by Crippen LogP contribution is -2.36. The summed E-state index contributed by atoms with van der Waals surface area (Å²) in [5.41, 5.74) is 5.90. The zero-order valence-electron chi connectivity index (χ0n) is 19.9. The lowest BCUT2D eigenvalue weighted by atomic mass is 10.1. The summed E-state index contributed by atoms with van der Waals surface area (Å²) in [6.45, 7) is 7.20.